The van der Waals surface area contributed by atoms with Crippen LogP contribution in [0.25, 0.3) is 0 Å². The molecular formula is C12H16ClNO. The highest BCUT2D eigenvalue weighted by molar-refractivity contribution is 6.32. The molecule has 0 radical (unpaired) electrons. The minimum atomic E-state index is 0.183. The van der Waals surface area contributed by atoms with E-state index in [-0.39, 0.29) is 5.75 Å². The standard InChI is InChI=1S/C12H16ClNO/c1-8-4-12(15)11(13)6-10(8)5-9-2-3-14-7-9/h4,6,9,14-15H,2-3,5,7H2,1H3. The van der Waals surface area contributed by atoms with Crippen molar-refractivity contribution in [3.05, 3.63) is 28.3 Å². The molecule has 0 spiro atoms. The van der Waals surface area contributed by atoms with Crippen LogP contribution >= 0.6 is 11.6 Å². The summed E-state index contributed by atoms with van der Waals surface area (Å²) >= 11 is 5.91. The van der Waals surface area contributed by atoms with E-state index in [0.717, 1.165) is 25.1 Å². The SMILES string of the molecule is Cc1cc(O)c(Cl)cc1CC1CCNC1. The Hall–Kier alpha value is -0.730. The monoisotopic (exact) mass is 225 g/mol. The van der Waals surface area contributed by atoms with Gasteiger partial charge in [0.25, 0.3) is 0 Å². The molecule has 15 heavy (non-hydrogen) atoms. The molecule has 1 saturated heterocycles. The van der Waals surface area contributed by atoms with Crippen molar-refractivity contribution in [2.75, 3.05) is 13.1 Å². The number of benzene rings is 1. The Morgan fingerprint density at radius 2 is 2.33 bits per heavy atom. The van der Waals surface area contributed by atoms with E-state index < -0.39 is 0 Å². The molecule has 1 unspecified atom stereocenters. The van der Waals surface area contributed by atoms with E-state index in [4.69, 9.17) is 11.6 Å². The molecule has 1 heterocycles. The average molecular weight is 226 g/mol. The van der Waals surface area contributed by atoms with Crippen molar-refractivity contribution in [3.63, 3.8) is 0 Å². The maximum Gasteiger partial charge on any atom is 0.134 e. The highest BCUT2D eigenvalue weighted by atomic mass is 35.5. The van der Waals surface area contributed by atoms with Crippen molar-refractivity contribution >= 4 is 11.6 Å². The topological polar surface area (TPSA) is 32.3 Å². The van der Waals surface area contributed by atoms with Gasteiger partial charge in [0.2, 0.25) is 0 Å². The fourth-order valence-corrected chi connectivity index (χ4v) is 2.31. The Balaban J connectivity index is 2.16. The van der Waals surface area contributed by atoms with Crippen LogP contribution in [0.2, 0.25) is 5.02 Å². The zero-order valence-electron chi connectivity index (χ0n) is 8.89. The van der Waals surface area contributed by atoms with E-state index in [2.05, 4.69) is 5.32 Å². The van der Waals surface area contributed by atoms with Crippen molar-refractivity contribution < 1.29 is 5.11 Å². The van der Waals surface area contributed by atoms with Gasteiger partial charge in [0.05, 0.1) is 5.02 Å². The third kappa shape index (κ3) is 2.44. The number of aryl methyl sites for hydroxylation is 1. The first kappa shape index (κ1) is 10.8. The number of nitrogens with one attached hydrogen (secondary N) is 1. The van der Waals surface area contributed by atoms with Gasteiger partial charge in [-0.15, -0.1) is 0 Å². The van der Waals surface area contributed by atoms with E-state index >= 15 is 0 Å². The highest BCUT2D eigenvalue weighted by Crippen LogP contribution is 2.28. The summed E-state index contributed by atoms with van der Waals surface area (Å²) in [6.45, 7) is 4.24. The number of hydrogen-bond donors (Lipinski definition) is 2. The average Bonchev–Trinajstić information content (AvgIpc) is 2.67. The summed E-state index contributed by atoms with van der Waals surface area (Å²) in [7, 11) is 0. The Morgan fingerprint density at radius 1 is 1.53 bits per heavy atom. The van der Waals surface area contributed by atoms with E-state index in [9.17, 15) is 5.11 Å². The van der Waals surface area contributed by atoms with Gasteiger partial charge in [-0.3, -0.25) is 0 Å². The van der Waals surface area contributed by atoms with Crippen molar-refractivity contribution in [1.29, 1.82) is 0 Å². The predicted octanol–water partition coefficient (Wildman–Crippen LogP) is 2.51. The molecular weight excluding hydrogens is 210 g/mol. The largest absolute Gasteiger partial charge is 0.506 e. The van der Waals surface area contributed by atoms with Gasteiger partial charge in [0, 0.05) is 0 Å². The molecule has 0 saturated carbocycles. The predicted molar refractivity (Wildman–Crippen MR) is 62.5 cm³/mol. The van der Waals surface area contributed by atoms with E-state index in [1.54, 1.807) is 6.07 Å². The van der Waals surface area contributed by atoms with Crippen LogP contribution in [0.3, 0.4) is 0 Å². The molecule has 1 aliphatic heterocycles. The van der Waals surface area contributed by atoms with Crippen LogP contribution in [0, 0.1) is 12.8 Å². The molecule has 2 N–H and O–H groups in total. The zero-order valence-corrected chi connectivity index (χ0v) is 9.64. The molecule has 3 heteroatoms. The van der Waals surface area contributed by atoms with Crippen LogP contribution < -0.4 is 5.32 Å². The smallest absolute Gasteiger partial charge is 0.134 e. The summed E-state index contributed by atoms with van der Waals surface area (Å²) in [4.78, 5) is 0. The second kappa shape index (κ2) is 4.42. The van der Waals surface area contributed by atoms with Crippen molar-refractivity contribution in [3.8, 4) is 5.75 Å². The fourth-order valence-electron chi connectivity index (χ4n) is 2.13. The molecule has 1 aromatic rings. The summed E-state index contributed by atoms with van der Waals surface area (Å²) in [5, 5.41) is 13.3. The normalized spacial score (nSPS) is 20.8. The van der Waals surface area contributed by atoms with Gasteiger partial charge in [-0.25, -0.2) is 0 Å². The maximum atomic E-state index is 9.44. The molecule has 1 aliphatic rings. The molecule has 2 rings (SSSR count). The van der Waals surface area contributed by atoms with Crippen molar-refractivity contribution in [2.24, 2.45) is 5.92 Å². The maximum absolute atomic E-state index is 9.44. The molecule has 0 aliphatic carbocycles. The number of phenols is 1. The number of rotatable bonds is 2. The molecule has 1 atom stereocenters. The molecule has 1 fully saturated rings. The summed E-state index contributed by atoms with van der Waals surface area (Å²) in [5.41, 5.74) is 2.38. The Bertz CT molecular complexity index is 359. The molecule has 1 aromatic carbocycles. The van der Waals surface area contributed by atoms with Gasteiger partial charge in [-0.1, -0.05) is 11.6 Å². The van der Waals surface area contributed by atoms with Gasteiger partial charge < -0.3 is 10.4 Å². The molecule has 0 bridgehead atoms. The Labute approximate surface area is 95.3 Å². The summed E-state index contributed by atoms with van der Waals surface area (Å²) in [6.07, 6.45) is 2.29. The van der Waals surface area contributed by atoms with Gasteiger partial charge in [-0.05, 0) is 62.0 Å². The summed E-state index contributed by atoms with van der Waals surface area (Å²) in [5.74, 6) is 0.895. The van der Waals surface area contributed by atoms with Gasteiger partial charge >= 0.3 is 0 Å². The molecule has 0 aromatic heterocycles. The highest BCUT2D eigenvalue weighted by Gasteiger charge is 2.16. The van der Waals surface area contributed by atoms with Crippen LogP contribution in [0.4, 0.5) is 0 Å². The van der Waals surface area contributed by atoms with Crippen molar-refractivity contribution in [2.45, 2.75) is 19.8 Å². The second-order valence-corrected chi connectivity index (χ2v) is 4.70. The third-order valence-electron chi connectivity index (χ3n) is 3.08. The minimum Gasteiger partial charge on any atom is -0.506 e. The zero-order chi connectivity index (χ0) is 10.8. The van der Waals surface area contributed by atoms with Gasteiger partial charge in [0.15, 0.2) is 0 Å². The van der Waals surface area contributed by atoms with E-state index in [1.807, 2.05) is 13.0 Å². The molecule has 82 valence electrons. The van der Waals surface area contributed by atoms with Crippen molar-refractivity contribution in [1.82, 2.24) is 5.32 Å². The number of phenolic OH excluding ortho intramolecular Hbond substituents is 1. The van der Waals surface area contributed by atoms with Crippen LogP contribution in [0.15, 0.2) is 12.1 Å². The van der Waals surface area contributed by atoms with Crippen LogP contribution in [-0.4, -0.2) is 18.2 Å². The Kier molecular flexibility index (Phi) is 3.17. The van der Waals surface area contributed by atoms with Crippen LogP contribution in [0.1, 0.15) is 17.5 Å². The van der Waals surface area contributed by atoms with Gasteiger partial charge in [-0.2, -0.15) is 0 Å². The van der Waals surface area contributed by atoms with Crippen LogP contribution in [-0.2, 0) is 6.42 Å². The fraction of sp³-hybridized carbons (Fsp3) is 0.500. The van der Waals surface area contributed by atoms with Crippen LogP contribution in [0.5, 0.6) is 5.75 Å². The summed E-state index contributed by atoms with van der Waals surface area (Å²) < 4.78 is 0. The lowest BCUT2D eigenvalue weighted by molar-refractivity contribution is 0.474. The second-order valence-electron chi connectivity index (χ2n) is 4.29. The first-order valence-electron chi connectivity index (χ1n) is 5.35. The first-order chi connectivity index (χ1) is 7.16. The third-order valence-corrected chi connectivity index (χ3v) is 3.38. The first-order valence-corrected chi connectivity index (χ1v) is 5.73. The lowest BCUT2D eigenvalue weighted by atomic mass is 9.95. The quantitative estimate of drug-likeness (QED) is 0.811. The van der Waals surface area contributed by atoms with Gasteiger partial charge in [0.1, 0.15) is 5.75 Å². The number of halogens is 1. The number of hydrogen-bond acceptors (Lipinski definition) is 2. The Morgan fingerprint density at radius 3 is 3.00 bits per heavy atom. The lowest BCUT2D eigenvalue weighted by Crippen LogP contribution is -2.11. The molecule has 0 amide bonds. The van der Waals surface area contributed by atoms with E-state index in [1.165, 1.54) is 12.0 Å². The lowest BCUT2D eigenvalue weighted by Gasteiger charge is -2.12. The molecule has 2 nitrogen and oxygen atoms in total. The number of aromatic hydroxyl groups is 1. The minimum absolute atomic E-state index is 0.183. The summed E-state index contributed by atoms with van der Waals surface area (Å²) in [6, 6.07) is 3.64. The van der Waals surface area contributed by atoms with E-state index in [0.29, 0.717) is 10.9 Å².